The van der Waals surface area contributed by atoms with Crippen LogP contribution in [-0.2, 0) is 19.6 Å². The maximum atomic E-state index is 12.8. The molecule has 142 valence electrons. The van der Waals surface area contributed by atoms with E-state index >= 15 is 0 Å². The van der Waals surface area contributed by atoms with E-state index in [1.165, 1.54) is 6.07 Å². The SMILES string of the molecule is CC(C)[C@@H](NS(=O)(=O)c1cccc2nsnc12)C(=O)NC[C@H]1CCCO1. The maximum Gasteiger partial charge on any atom is 0.243 e. The summed E-state index contributed by atoms with van der Waals surface area (Å²) in [6.07, 6.45) is 1.88. The number of benzene rings is 1. The van der Waals surface area contributed by atoms with Crippen LogP contribution < -0.4 is 10.0 Å². The van der Waals surface area contributed by atoms with Crippen LogP contribution in [0.3, 0.4) is 0 Å². The largest absolute Gasteiger partial charge is 0.376 e. The fourth-order valence-electron chi connectivity index (χ4n) is 2.85. The zero-order valence-corrected chi connectivity index (χ0v) is 16.3. The Kier molecular flexibility index (Phi) is 5.86. The first-order valence-corrected chi connectivity index (χ1v) is 10.7. The van der Waals surface area contributed by atoms with Crippen molar-refractivity contribution in [1.29, 1.82) is 0 Å². The van der Waals surface area contributed by atoms with Gasteiger partial charge in [0.2, 0.25) is 15.9 Å². The van der Waals surface area contributed by atoms with Crippen LogP contribution in [0.25, 0.3) is 11.0 Å². The summed E-state index contributed by atoms with van der Waals surface area (Å²) in [6.45, 7) is 4.68. The second-order valence-corrected chi connectivity index (χ2v) is 8.82. The number of amides is 1. The van der Waals surface area contributed by atoms with Crippen molar-refractivity contribution in [3.05, 3.63) is 18.2 Å². The third-order valence-corrected chi connectivity index (χ3v) is 6.31. The van der Waals surface area contributed by atoms with E-state index in [9.17, 15) is 13.2 Å². The van der Waals surface area contributed by atoms with Gasteiger partial charge in [0, 0.05) is 13.2 Å². The molecule has 1 fully saturated rings. The summed E-state index contributed by atoms with van der Waals surface area (Å²) < 4.78 is 41.8. The Bertz CT molecular complexity index is 875. The van der Waals surface area contributed by atoms with E-state index in [1.807, 2.05) is 0 Å². The zero-order chi connectivity index (χ0) is 18.7. The summed E-state index contributed by atoms with van der Waals surface area (Å²) in [5, 5.41) is 2.80. The Labute approximate surface area is 156 Å². The average molecular weight is 399 g/mol. The number of fused-ring (bicyclic) bond motifs is 1. The normalized spacial score (nSPS) is 19.1. The van der Waals surface area contributed by atoms with E-state index in [0.717, 1.165) is 24.6 Å². The van der Waals surface area contributed by atoms with Crippen molar-refractivity contribution in [2.24, 2.45) is 5.92 Å². The van der Waals surface area contributed by atoms with E-state index in [4.69, 9.17) is 4.74 Å². The third kappa shape index (κ3) is 4.20. The average Bonchev–Trinajstić information content (AvgIpc) is 3.28. The highest BCUT2D eigenvalue weighted by Gasteiger charge is 2.30. The first kappa shape index (κ1) is 19.2. The first-order chi connectivity index (χ1) is 12.4. The molecule has 1 aromatic heterocycles. The van der Waals surface area contributed by atoms with Gasteiger partial charge < -0.3 is 10.1 Å². The highest BCUT2D eigenvalue weighted by atomic mass is 32.2. The second-order valence-electron chi connectivity index (χ2n) is 6.61. The predicted molar refractivity (Wildman–Crippen MR) is 98.3 cm³/mol. The highest BCUT2D eigenvalue weighted by Crippen LogP contribution is 2.22. The van der Waals surface area contributed by atoms with Gasteiger partial charge in [-0.25, -0.2) is 8.42 Å². The van der Waals surface area contributed by atoms with Crippen molar-refractivity contribution < 1.29 is 17.9 Å². The lowest BCUT2D eigenvalue weighted by molar-refractivity contribution is -0.124. The fourth-order valence-corrected chi connectivity index (χ4v) is 4.96. The molecular formula is C16H22N4O4S2. The molecule has 2 heterocycles. The summed E-state index contributed by atoms with van der Waals surface area (Å²) in [5.41, 5.74) is 0.828. The number of sulfonamides is 1. The van der Waals surface area contributed by atoms with Crippen LogP contribution in [0.5, 0.6) is 0 Å². The molecule has 2 aromatic rings. The van der Waals surface area contributed by atoms with E-state index in [1.54, 1.807) is 26.0 Å². The van der Waals surface area contributed by atoms with Crippen LogP contribution in [0.1, 0.15) is 26.7 Å². The summed E-state index contributed by atoms with van der Waals surface area (Å²) in [4.78, 5) is 12.6. The molecule has 26 heavy (non-hydrogen) atoms. The van der Waals surface area contributed by atoms with Crippen LogP contribution in [0, 0.1) is 5.92 Å². The number of nitrogens with one attached hydrogen (secondary N) is 2. The first-order valence-electron chi connectivity index (χ1n) is 8.51. The molecule has 3 rings (SSSR count). The molecule has 1 saturated heterocycles. The van der Waals surface area contributed by atoms with Crippen molar-refractivity contribution >= 4 is 38.7 Å². The molecule has 0 bridgehead atoms. The van der Waals surface area contributed by atoms with Crippen molar-refractivity contribution in [2.75, 3.05) is 13.2 Å². The molecule has 0 unspecified atom stereocenters. The Hall–Kier alpha value is -1.62. The number of hydrogen-bond donors (Lipinski definition) is 2. The topological polar surface area (TPSA) is 110 Å². The van der Waals surface area contributed by atoms with Gasteiger partial charge in [0.15, 0.2) is 0 Å². The van der Waals surface area contributed by atoms with Gasteiger partial charge in [-0.2, -0.15) is 13.5 Å². The van der Waals surface area contributed by atoms with Gasteiger partial charge in [-0.1, -0.05) is 19.9 Å². The smallest absolute Gasteiger partial charge is 0.243 e. The lowest BCUT2D eigenvalue weighted by atomic mass is 10.0. The third-order valence-electron chi connectivity index (χ3n) is 4.30. The zero-order valence-electron chi connectivity index (χ0n) is 14.6. The minimum absolute atomic E-state index is 0.00167. The Morgan fingerprint density at radius 2 is 2.19 bits per heavy atom. The Morgan fingerprint density at radius 3 is 2.88 bits per heavy atom. The predicted octanol–water partition coefficient (Wildman–Crippen LogP) is 1.29. The summed E-state index contributed by atoms with van der Waals surface area (Å²) >= 11 is 0.951. The van der Waals surface area contributed by atoms with Gasteiger partial charge in [-0.3, -0.25) is 4.79 Å². The number of rotatable bonds is 7. The summed E-state index contributed by atoms with van der Waals surface area (Å²) in [6, 6.07) is 3.89. The number of carbonyl (C=O) groups is 1. The fraction of sp³-hybridized carbons (Fsp3) is 0.562. The van der Waals surface area contributed by atoms with Crippen molar-refractivity contribution in [3.8, 4) is 0 Å². The highest BCUT2D eigenvalue weighted by molar-refractivity contribution is 7.89. The monoisotopic (exact) mass is 398 g/mol. The van der Waals surface area contributed by atoms with Crippen molar-refractivity contribution in [1.82, 2.24) is 18.8 Å². The molecule has 2 atom stereocenters. The number of nitrogens with zero attached hydrogens (tertiary/aromatic N) is 2. The molecule has 1 amide bonds. The summed E-state index contributed by atoms with van der Waals surface area (Å²) in [5.74, 6) is -0.579. The van der Waals surface area contributed by atoms with Gasteiger partial charge in [0.25, 0.3) is 0 Å². The molecule has 0 spiro atoms. The molecule has 0 aliphatic carbocycles. The van der Waals surface area contributed by atoms with E-state index in [2.05, 4.69) is 18.8 Å². The number of hydrogen-bond acceptors (Lipinski definition) is 7. The molecule has 1 aliphatic rings. The number of ether oxygens (including phenoxy) is 1. The van der Waals surface area contributed by atoms with Crippen LogP contribution >= 0.6 is 11.7 Å². The molecule has 2 N–H and O–H groups in total. The molecule has 0 radical (unpaired) electrons. The van der Waals surface area contributed by atoms with E-state index in [-0.39, 0.29) is 22.8 Å². The van der Waals surface area contributed by atoms with Gasteiger partial charge in [-0.05, 0) is 30.9 Å². The standard InChI is InChI=1S/C16H22N4O4S2/c1-10(2)14(16(21)17-9-11-5-4-8-24-11)20-26(22,23)13-7-3-6-12-15(13)19-25-18-12/h3,6-7,10-11,14,20H,4-5,8-9H2,1-2H3,(H,17,21)/t11-,14-/m1/s1. The van der Waals surface area contributed by atoms with E-state index < -0.39 is 16.1 Å². The van der Waals surface area contributed by atoms with Gasteiger partial charge >= 0.3 is 0 Å². The molecule has 8 nitrogen and oxygen atoms in total. The van der Waals surface area contributed by atoms with Crippen LogP contribution in [-0.4, -0.2) is 48.4 Å². The minimum Gasteiger partial charge on any atom is -0.376 e. The van der Waals surface area contributed by atoms with Crippen LogP contribution in [0.4, 0.5) is 0 Å². The molecular weight excluding hydrogens is 376 g/mol. The van der Waals surface area contributed by atoms with Gasteiger partial charge in [0.1, 0.15) is 22.0 Å². The van der Waals surface area contributed by atoms with Crippen LogP contribution in [0.2, 0.25) is 0 Å². The quantitative estimate of drug-likeness (QED) is 0.727. The van der Waals surface area contributed by atoms with Crippen molar-refractivity contribution in [2.45, 2.75) is 43.7 Å². The molecule has 0 saturated carbocycles. The van der Waals surface area contributed by atoms with Gasteiger partial charge in [-0.15, -0.1) is 0 Å². The minimum atomic E-state index is -3.92. The maximum absolute atomic E-state index is 12.8. The number of carbonyl (C=O) groups excluding carboxylic acids is 1. The lowest BCUT2D eigenvalue weighted by Gasteiger charge is -2.22. The lowest BCUT2D eigenvalue weighted by Crippen LogP contribution is -2.50. The molecule has 10 heteroatoms. The van der Waals surface area contributed by atoms with Crippen LogP contribution in [0.15, 0.2) is 23.1 Å². The number of aromatic nitrogens is 2. The van der Waals surface area contributed by atoms with E-state index in [0.29, 0.717) is 24.2 Å². The molecule has 1 aromatic carbocycles. The van der Waals surface area contributed by atoms with Gasteiger partial charge in [0.05, 0.1) is 17.8 Å². The summed E-state index contributed by atoms with van der Waals surface area (Å²) in [7, 11) is -3.92. The Balaban J connectivity index is 1.76. The van der Waals surface area contributed by atoms with Crippen molar-refractivity contribution in [3.63, 3.8) is 0 Å². The second kappa shape index (κ2) is 7.95. The Morgan fingerprint density at radius 1 is 1.38 bits per heavy atom. The molecule has 1 aliphatic heterocycles.